The Morgan fingerprint density at radius 1 is 1.43 bits per heavy atom. The van der Waals surface area contributed by atoms with Crippen LogP contribution in [-0.4, -0.2) is 23.4 Å². The van der Waals surface area contributed by atoms with Crippen molar-refractivity contribution in [2.45, 2.75) is 0 Å². The summed E-state index contributed by atoms with van der Waals surface area (Å²) in [4.78, 5) is 0. The van der Waals surface area contributed by atoms with Crippen LogP contribution in [0.25, 0.3) is 0 Å². The van der Waals surface area contributed by atoms with Crippen LogP contribution in [0.4, 0.5) is 4.39 Å². The molecule has 0 heterocycles. The van der Waals surface area contributed by atoms with E-state index in [1.807, 2.05) is 0 Å². The number of hydrogen-bond donors (Lipinski definition) is 2. The predicted octanol–water partition coefficient (Wildman–Crippen LogP) is 0.0704. The second kappa shape index (κ2) is 17.6. The van der Waals surface area contributed by atoms with Crippen molar-refractivity contribution in [3.05, 3.63) is 12.9 Å². The molecule has 0 aromatic rings. The Morgan fingerprint density at radius 2 is 1.57 bits per heavy atom. The fourth-order valence-corrected chi connectivity index (χ4v) is 0. The van der Waals surface area contributed by atoms with E-state index in [1.165, 1.54) is 0 Å². The minimum atomic E-state index is -0.125. The van der Waals surface area contributed by atoms with Gasteiger partial charge in [0.15, 0.2) is 0 Å². The van der Waals surface area contributed by atoms with Crippen molar-refractivity contribution in [3.8, 4) is 0 Å². The van der Waals surface area contributed by atoms with Crippen LogP contribution in [0, 0.1) is 0 Å². The Bertz CT molecular complexity index is 28.9. The Balaban J connectivity index is 0. The molecule has 0 radical (unpaired) electrons. The summed E-state index contributed by atoms with van der Waals surface area (Å²) in [6, 6.07) is 0. The van der Waals surface area contributed by atoms with E-state index in [0.717, 1.165) is 0 Å². The molecule has 0 aliphatic rings. The summed E-state index contributed by atoms with van der Waals surface area (Å²) < 4.78 is 10.1. The van der Waals surface area contributed by atoms with E-state index >= 15 is 0 Å². The van der Waals surface area contributed by atoms with E-state index in [4.69, 9.17) is 10.2 Å². The van der Waals surface area contributed by atoms with Gasteiger partial charge in [-0.1, -0.05) is 6.58 Å². The van der Waals surface area contributed by atoms with Gasteiger partial charge in [-0.05, 0) is 0 Å². The van der Waals surface area contributed by atoms with Crippen molar-refractivity contribution < 1.29 is 14.6 Å². The van der Waals surface area contributed by atoms with Gasteiger partial charge >= 0.3 is 0 Å². The van der Waals surface area contributed by atoms with Crippen LogP contribution < -0.4 is 0 Å². The van der Waals surface area contributed by atoms with Crippen LogP contribution in [0.15, 0.2) is 12.9 Å². The van der Waals surface area contributed by atoms with E-state index in [0.29, 0.717) is 0 Å². The molecule has 2 N–H and O–H groups in total. The van der Waals surface area contributed by atoms with Gasteiger partial charge in [0, 0.05) is 0 Å². The molecule has 0 rings (SSSR count). The SMILES string of the molecule is C=CF.OCCO. The molecule has 0 atom stereocenters. The van der Waals surface area contributed by atoms with Crippen LogP contribution >= 0.6 is 0 Å². The van der Waals surface area contributed by atoms with Gasteiger partial charge in [0.2, 0.25) is 0 Å². The molecule has 0 fully saturated rings. The molecule has 2 nitrogen and oxygen atoms in total. The summed E-state index contributed by atoms with van der Waals surface area (Å²) in [5.41, 5.74) is 0. The second-order valence-electron chi connectivity index (χ2n) is 0.602. The summed E-state index contributed by atoms with van der Waals surface area (Å²) >= 11 is 0. The summed E-state index contributed by atoms with van der Waals surface area (Å²) in [7, 11) is 0. The maximum absolute atomic E-state index is 10.1. The zero-order valence-electron chi connectivity index (χ0n) is 3.97. The normalized spacial score (nSPS) is 6.14. The molecule has 0 amide bonds. The minimum Gasteiger partial charge on any atom is -0.394 e. The third-order valence-corrected chi connectivity index (χ3v) is 0.1000. The van der Waals surface area contributed by atoms with Gasteiger partial charge in [0.25, 0.3) is 0 Å². The number of halogens is 1. The molecule has 0 aromatic carbocycles. The first-order chi connectivity index (χ1) is 3.33. The molecular weight excluding hydrogens is 99.0 g/mol. The van der Waals surface area contributed by atoms with Crippen molar-refractivity contribution in [1.29, 1.82) is 0 Å². The van der Waals surface area contributed by atoms with Crippen LogP contribution in [0.5, 0.6) is 0 Å². The van der Waals surface area contributed by atoms with E-state index < -0.39 is 0 Å². The molecule has 0 aliphatic heterocycles. The minimum absolute atomic E-state index is 0.125. The first-order valence-electron chi connectivity index (χ1n) is 1.76. The average molecular weight is 108 g/mol. The smallest absolute Gasteiger partial charge is 0.0795 e. The topological polar surface area (TPSA) is 40.5 Å². The molecule has 3 heteroatoms. The summed E-state index contributed by atoms with van der Waals surface area (Å²) in [5.74, 6) is 0. The number of aliphatic hydroxyl groups is 2. The molecule has 0 saturated carbocycles. The van der Waals surface area contributed by atoms with Crippen molar-refractivity contribution >= 4 is 0 Å². The fraction of sp³-hybridized carbons (Fsp3) is 0.500. The van der Waals surface area contributed by atoms with Gasteiger partial charge in [-0.25, -0.2) is 4.39 Å². The van der Waals surface area contributed by atoms with Crippen LogP contribution in [0.2, 0.25) is 0 Å². The first-order valence-corrected chi connectivity index (χ1v) is 1.76. The highest BCUT2D eigenvalue weighted by atomic mass is 19.1. The fourth-order valence-electron chi connectivity index (χ4n) is 0. The monoisotopic (exact) mass is 108 g/mol. The largest absolute Gasteiger partial charge is 0.394 e. The van der Waals surface area contributed by atoms with Gasteiger partial charge in [0.1, 0.15) is 0 Å². The summed E-state index contributed by atoms with van der Waals surface area (Å²) in [6.07, 6.45) is 0.250. The molecule has 0 saturated heterocycles. The first kappa shape index (κ1) is 9.77. The third kappa shape index (κ3) is 207. The zero-order chi connectivity index (χ0) is 6.12. The molecule has 7 heavy (non-hydrogen) atoms. The van der Waals surface area contributed by atoms with Gasteiger partial charge in [0.05, 0.1) is 19.5 Å². The van der Waals surface area contributed by atoms with Crippen molar-refractivity contribution in [3.63, 3.8) is 0 Å². The Labute approximate surface area is 41.9 Å². The molecule has 0 spiro atoms. The Morgan fingerprint density at radius 3 is 1.57 bits per heavy atom. The van der Waals surface area contributed by atoms with Gasteiger partial charge in [-0.2, -0.15) is 0 Å². The number of rotatable bonds is 1. The average Bonchev–Trinajstić information content (AvgIpc) is 1.69. The van der Waals surface area contributed by atoms with Crippen LogP contribution in [0.1, 0.15) is 0 Å². The van der Waals surface area contributed by atoms with E-state index in [1.54, 1.807) is 0 Å². The third-order valence-electron chi connectivity index (χ3n) is 0.1000. The maximum atomic E-state index is 10.1. The highest BCUT2D eigenvalue weighted by Crippen LogP contribution is 1.48. The lowest BCUT2D eigenvalue weighted by Gasteiger charge is -1.70. The standard InChI is InChI=1S/C2H3F.C2H6O2/c1-2-3;3-1-2-4/h2H,1H2;3-4H,1-2H2. The lowest BCUT2D eigenvalue weighted by Crippen LogP contribution is -1.85. The number of aliphatic hydroxyl groups excluding tert-OH is 2. The Hall–Kier alpha value is -0.410. The maximum Gasteiger partial charge on any atom is 0.0795 e. The predicted molar refractivity (Wildman–Crippen MR) is 25.5 cm³/mol. The molecular formula is C4H9FO2. The zero-order valence-corrected chi connectivity index (χ0v) is 3.97. The van der Waals surface area contributed by atoms with Gasteiger partial charge < -0.3 is 10.2 Å². The summed E-state index contributed by atoms with van der Waals surface area (Å²) in [5, 5.41) is 15.2. The van der Waals surface area contributed by atoms with Crippen molar-refractivity contribution in [1.82, 2.24) is 0 Å². The lowest BCUT2D eigenvalue weighted by atomic mass is 10.8. The van der Waals surface area contributed by atoms with Gasteiger partial charge in [-0.15, -0.1) is 0 Å². The van der Waals surface area contributed by atoms with E-state index in [2.05, 4.69) is 6.58 Å². The van der Waals surface area contributed by atoms with E-state index in [-0.39, 0.29) is 19.5 Å². The highest BCUT2D eigenvalue weighted by Gasteiger charge is 1.58. The van der Waals surface area contributed by atoms with Crippen molar-refractivity contribution in [2.24, 2.45) is 0 Å². The van der Waals surface area contributed by atoms with E-state index in [9.17, 15) is 4.39 Å². The highest BCUT2D eigenvalue weighted by molar-refractivity contribution is 4.39. The lowest BCUT2D eigenvalue weighted by molar-refractivity contribution is 0.186. The molecule has 0 aromatic heterocycles. The molecule has 0 aliphatic carbocycles. The molecule has 0 bridgehead atoms. The summed E-state index contributed by atoms with van der Waals surface area (Å²) in [6.45, 7) is 2.44. The molecule has 44 valence electrons. The molecule has 0 unspecified atom stereocenters. The Kier molecular flexibility index (Phi) is 24.5. The van der Waals surface area contributed by atoms with Crippen LogP contribution in [-0.2, 0) is 0 Å². The second-order valence-corrected chi connectivity index (χ2v) is 0.602. The van der Waals surface area contributed by atoms with Crippen molar-refractivity contribution in [2.75, 3.05) is 13.2 Å². The quantitative estimate of drug-likeness (QED) is 0.499. The van der Waals surface area contributed by atoms with Crippen LogP contribution in [0.3, 0.4) is 0 Å². The number of hydrogen-bond acceptors (Lipinski definition) is 2. The van der Waals surface area contributed by atoms with Gasteiger partial charge in [-0.3, -0.25) is 0 Å².